The molecule has 122 valence electrons. The van der Waals surface area contributed by atoms with Gasteiger partial charge in [0.25, 0.3) is 0 Å². The topological polar surface area (TPSA) is 32.8 Å². The highest BCUT2D eigenvalue weighted by Crippen LogP contribution is 2.14. The van der Waals surface area contributed by atoms with E-state index < -0.39 is 0 Å². The molecule has 0 bridgehead atoms. The highest BCUT2D eigenvalue weighted by atomic mass is 16.5. The van der Waals surface area contributed by atoms with Crippen molar-refractivity contribution in [1.82, 2.24) is 9.80 Å². The Morgan fingerprint density at radius 1 is 1.18 bits per heavy atom. The standard InChI is InChI=1S/C18H28N2O2/c1-19(14-16-9-8-10-17(13-16)22-2)15-18(21)20-11-6-4-3-5-7-12-20/h8-10,13H,3-7,11-12,14-15H2,1-2H3. The van der Waals surface area contributed by atoms with Gasteiger partial charge < -0.3 is 9.64 Å². The van der Waals surface area contributed by atoms with Gasteiger partial charge in [0, 0.05) is 19.6 Å². The normalized spacial score (nSPS) is 16.2. The lowest BCUT2D eigenvalue weighted by atomic mass is 10.1. The number of carbonyl (C=O) groups is 1. The van der Waals surface area contributed by atoms with Crippen LogP contribution in [0.4, 0.5) is 0 Å². The number of hydrogen-bond acceptors (Lipinski definition) is 3. The van der Waals surface area contributed by atoms with Crippen LogP contribution < -0.4 is 4.74 Å². The summed E-state index contributed by atoms with van der Waals surface area (Å²) in [4.78, 5) is 16.6. The van der Waals surface area contributed by atoms with E-state index in [1.807, 2.05) is 30.1 Å². The predicted octanol–water partition coefficient (Wildman–Crippen LogP) is 2.92. The summed E-state index contributed by atoms with van der Waals surface area (Å²) < 4.78 is 5.24. The van der Waals surface area contributed by atoms with Crippen molar-refractivity contribution in [3.63, 3.8) is 0 Å². The number of hydrogen-bond donors (Lipinski definition) is 0. The van der Waals surface area contributed by atoms with Crippen molar-refractivity contribution in [2.75, 3.05) is 33.8 Å². The molecule has 0 aromatic heterocycles. The highest BCUT2D eigenvalue weighted by molar-refractivity contribution is 5.78. The van der Waals surface area contributed by atoms with Crippen LogP contribution in [0.3, 0.4) is 0 Å². The Labute approximate surface area is 134 Å². The van der Waals surface area contributed by atoms with Gasteiger partial charge >= 0.3 is 0 Å². The fourth-order valence-electron chi connectivity index (χ4n) is 2.97. The number of carbonyl (C=O) groups excluding carboxylic acids is 1. The van der Waals surface area contributed by atoms with E-state index in [1.54, 1.807) is 7.11 Å². The molecular weight excluding hydrogens is 276 g/mol. The van der Waals surface area contributed by atoms with Gasteiger partial charge in [-0.2, -0.15) is 0 Å². The number of amides is 1. The molecule has 22 heavy (non-hydrogen) atoms. The van der Waals surface area contributed by atoms with E-state index in [-0.39, 0.29) is 5.91 Å². The fourth-order valence-corrected chi connectivity index (χ4v) is 2.97. The van der Waals surface area contributed by atoms with Crippen molar-refractivity contribution >= 4 is 5.91 Å². The second-order valence-electron chi connectivity index (χ2n) is 6.17. The molecule has 0 atom stereocenters. The molecule has 1 aliphatic rings. The Morgan fingerprint density at radius 2 is 1.86 bits per heavy atom. The Morgan fingerprint density at radius 3 is 2.55 bits per heavy atom. The Bertz CT molecular complexity index is 468. The van der Waals surface area contributed by atoms with E-state index in [1.165, 1.54) is 24.8 Å². The molecule has 1 amide bonds. The molecule has 1 aliphatic heterocycles. The van der Waals surface area contributed by atoms with Crippen molar-refractivity contribution in [3.8, 4) is 5.75 Å². The van der Waals surface area contributed by atoms with Crippen LogP contribution in [0, 0.1) is 0 Å². The maximum Gasteiger partial charge on any atom is 0.236 e. The highest BCUT2D eigenvalue weighted by Gasteiger charge is 2.16. The first-order valence-corrected chi connectivity index (χ1v) is 8.28. The maximum atomic E-state index is 12.4. The number of methoxy groups -OCH3 is 1. The number of nitrogens with zero attached hydrogens (tertiary/aromatic N) is 2. The van der Waals surface area contributed by atoms with Crippen LogP contribution in [0.5, 0.6) is 5.75 Å². The lowest BCUT2D eigenvalue weighted by Gasteiger charge is -2.27. The molecule has 0 saturated carbocycles. The number of likely N-dealkylation sites (tertiary alicyclic amines) is 1. The molecule has 4 heteroatoms. The van der Waals surface area contributed by atoms with Crippen LogP contribution in [0.15, 0.2) is 24.3 Å². The number of rotatable bonds is 5. The van der Waals surface area contributed by atoms with E-state index in [4.69, 9.17) is 4.74 Å². The lowest BCUT2D eigenvalue weighted by molar-refractivity contribution is -0.132. The van der Waals surface area contributed by atoms with Gasteiger partial charge in [0.05, 0.1) is 13.7 Å². The molecule has 1 heterocycles. The first kappa shape index (κ1) is 16.8. The molecule has 0 N–H and O–H groups in total. The summed E-state index contributed by atoms with van der Waals surface area (Å²) in [6.45, 7) is 3.09. The molecule has 4 nitrogen and oxygen atoms in total. The average Bonchev–Trinajstić information content (AvgIpc) is 2.46. The summed E-state index contributed by atoms with van der Waals surface area (Å²) in [5.41, 5.74) is 1.17. The van der Waals surface area contributed by atoms with Crippen molar-refractivity contribution in [3.05, 3.63) is 29.8 Å². The van der Waals surface area contributed by atoms with Crippen LogP contribution in [-0.4, -0.2) is 49.5 Å². The first-order chi connectivity index (χ1) is 10.7. The predicted molar refractivity (Wildman–Crippen MR) is 89.0 cm³/mol. The third-order valence-corrected chi connectivity index (χ3v) is 4.20. The summed E-state index contributed by atoms with van der Waals surface area (Å²) in [5.74, 6) is 1.12. The molecule has 0 radical (unpaired) electrons. The van der Waals surface area contributed by atoms with Crippen LogP contribution in [0.1, 0.15) is 37.7 Å². The van der Waals surface area contributed by atoms with Gasteiger partial charge in [0.1, 0.15) is 5.75 Å². The quantitative estimate of drug-likeness (QED) is 0.838. The number of benzene rings is 1. The second kappa shape index (κ2) is 8.79. The molecule has 0 spiro atoms. The van der Waals surface area contributed by atoms with E-state index in [0.717, 1.165) is 38.2 Å². The van der Waals surface area contributed by atoms with E-state index >= 15 is 0 Å². The zero-order chi connectivity index (χ0) is 15.8. The summed E-state index contributed by atoms with van der Waals surface area (Å²) in [6, 6.07) is 8.02. The van der Waals surface area contributed by atoms with Crippen molar-refractivity contribution in [2.45, 2.75) is 38.6 Å². The molecule has 2 rings (SSSR count). The van der Waals surface area contributed by atoms with Crippen LogP contribution >= 0.6 is 0 Å². The van der Waals surface area contributed by atoms with Crippen LogP contribution in [0.2, 0.25) is 0 Å². The van der Waals surface area contributed by atoms with Gasteiger partial charge in [0.15, 0.2) is 0 Å². The van der Waals surface area contributed by atoms with E-state index in [0.29, 0.717) is 6.54 Å². The van der Waals surface area contributed by atoms with Crippen molar-refractivity contribution < 1.29 is 9.53 Å². The van der Waals surface area contributed by atoms with Crippen molar-refractivity contribution in [1.29, 1.82) is 0 Å². The van der Waals surface area contributed by atoms with Crippen molar-refractivity contribution in [2.24, 2.45) is 0 Å². The SMILES string of the molecule is COc1cccc(CN(C)CC(=O)N2CCCCCCC2)c1. The molecule has 1 fully saturated rings. The summed E-state index contributed by atoms with van der Waals surface area (Å²) in [6.07, 6.45) is 6.11. The zero-order valence-corrected chi connectivity index (χ0v) is 13.9. The van der Waals surface area contributed by atoms with Crippen LogP contribution in [-0.2, 0) is 11.3 Å². The van der Waals surface area contributed by atoms with Gasteiger partial charge in [-0.25, -0.2) is 0 Å². The molecular formula is C18H28N2O2. The smallest absolute Gasteiger partial charge is 0.236 e. The third kappa shape index (κ3) is 5.34. The monoisotopic (exact) mass is 304 g/mol. The summed E-state index contributed by atoms with van der Waals surface area (Å²) >= 11 is 0. The Balaban J connectivity index is 1.84. The molecule has 0 aliphatic carbocycles. The fraction of sp³-hybridized carbons (Fsp3) is 0.611. The van der Waals surface area contributed by atoms with Gasteiger partial charge in [-0.1, -0.05) is 31.4 Å². The Hall–Kier alpha value is -1.55. The van der Waals surface area contributed by atoms with Gasteiger partial charge in [-0.3, -0.25) is 9.69 Å². The average molecular weight is 304 g/mol. The van der Waals surface area contributed by atoms with Crippen LogP contribution in [0.25, 0.3) is 0 Å². The second-order valence-corrected chi connectivity index (χ2v) is 6.17. The Kier molecular flexibility index (Phi) is 6.72. The molecule has 1 saturated heterocycles. The molecule has 1 aromatic rings. The minimum Gasteiger partial charge on any atom is -0.497 e. The minimum atomic E-state index is 0.257. The third-order valence-electron chi connectivity index (χ3n) is 4.20. The minimum absolute atomic E-state index is 0.257. The van der Waals surface area contributed by atoms with Gasteiger partial charge in [0.2, 0.25) is 5.91 Å². The van der Waals surface area contributed by atoms with E-state index in [9.17, 15) is 4.79 Å². The molecule has 1 aromatic carbocycles. The maximum absolute atomic E-state index is 12.4. The van der Waals surface area contributed by atoms with Gasteiger partial charge in [-0.15, -0.1) is 0 Å². The lowest BCUT2D eigenvalue weighted by Crippen LogP contribution is -2.40. The molecule has 0 unspecified atom stereocenters. The first-order valence-electron chi connectivity index (χ1n) is 8.28. The number of likely N-dealkylation sites (N-methyl/N-ethyl adjacent to an activating group) is 1. The largest absolute Gasteiger partial charge is 0.497 e. The summed E-state index contributed by atoms with van der Waals surface area (Å²) in [7, 11) is 3.68. The van der Waals surface area contributed by atoms with Gasteiger partial charge in [-0.05, 0) is 37.6 Å². The summed E-state index contributed by atoms with van der Waals surface area (Å²) in [5, 5.41) is 0. The van der Waals surface area contributed by atoms with E-state index in [2.05, 4.69) is 11.0 Å². The zero-order valence-electron chi connectivity index (χ0n) is 13.9. The number of ether oxygens (including phenoxy) is 1.